The first kappa shape index (κ1) is 13.3. The Kier molecular flexibility index (Phi) is 3.65. The van der Waals surface area contributed by atoms with E-state index in [9.17, 15) is 0 Å². The van der Waals surface area contributed by atoms with Gasteiger partial charge in [-0.15, -0.1) is 0 Å². The minimum Gasteiger partial charge on any atom is -0.497 e. The molecule has 6 nitrogen and oxygen atoms in total. The molecule has 1 fully saturated rings. The molecular formula is C15H15N3O3. The molecule has 1 aromatic heterocycles. The third-order valence-electron chi connectivity index (χ3n) is 3.09. The van der Waals surface area contributed by atoms with E-state index >= 15 is 0 Å². The monoisotopic (exact) mass is 285 g/mol. The third-order valence-corrected chi connectivity index (χ3v) is 3.09. The summed E-state index contributed by atoms with van der Waals surface area (Å²) in [5, 5.41) is 12.2. The zero-order valence-corrected chi connectivity index (χ0v) is 11.6. The van der Waals surface area contributed by atoms with Gasteiger partial charge in [-0.1, -0.05) is 6.07 Å². The van der Waals surface area contributed by atoms with Gasteiger partial charge in [0.25, 0.3) is 0 Å². The van der Waals surface area contributed by atoms with E-state index in [2.05, 4.69) is 10.3 Å². The Morgan fingerprint density at radius 1 is 1.43 bits per heavy atom. The van der Waals surface area contributed by atoms with Crippen LogP contribution in [0.3, 0.4) is 0 Å². The summed E-state index contributed by atoms with van der Waals surface area (Å²) in [5.41, 5.74) is 0.270. The van der Waals surface area contributed by atoms with Gasteiger partial charge in [-0.25, -0.2) is 0 Å². The van der Waals surface area contributed by atoms with Crippen LogP contribution in [-0.2, 0) is 6.61 Å². The highest BCUT2D eigenvalue weighted by Crippen LogP contribution is 2.27. The van der Waals surface area contributed by atoms with Gasteiger partial charge in [-0.05, 0) is 25.0 Å². The van der Waals surface area contributed by atoms with E-state index in [0.29, 0.717) is 29.3 Å². The maximum atomic E-state index is 9.05. The van der Waals surface area contributed by atoms with Gasteiger partial charge in [0, 0.05) is 12.1 Å². The summed E-state index contributed by atoms with van der Waals surface area (Å²) in [5.74, 6) is 2.18. The molecule has 0 bridgehead atoms. The number of hydrogen-bond acceptors (Lipinski definition) is 6. The summed E-state index contributed by atoms with van der Waals surface area (Å²) in [6.45, 7) is 0.161. The molecule has 3 rings (SSSR count). The van der Waals surface area contributed by atoms with Gasteiger partial charge in [-0.2, -0.15) is 10.2 Å². The number of hydrogen-bond donors (Lipinski definition) is 1. The number of rotatable bonds is 6. The first-order chi connectivity index (χ1) is 10.3. The molecule has 1 aliphatic rings. The zero-order chi connectivity index (χ0) is 14.7. The first-order valence-electron chi connectivity index (χ1n) is 6.71. The molecule has 0 amide bonds. The fraction of sp³-hybridized carbons (Fsp3) is 0.333. The fourth-order valence-electron chi connectivity index (χ4n) is 1.85. The number of anilines is 1. The lowest BCUT2D eigenvalue weighted by atomic mass is 10.3. The lowest BCUT2D eigenvalue weighted by Crippen LogP contribution is -2.00. The zero-order valence-electron chi connectivity index (χ0n) is 11.6. The van der Waals surface area contributed by atoms with Crippen LogP contribution in [0.5, 0.6) is 11.5 Å². The molecule has 1 heterocycles. The van der Waals surface area contributed by atoms with E-state index in [4.69, 9.17) is 19.2 Å². The Bertz CT molecular complexity index is 671. The number of nitrogens with one attached hydrogen (secondary N) is 1. The van der Waals surface area contributed by atoms with Gasteiger partial charge in [0.1, 0.15) is 17.6 Å². The summed E-state index contributed by atoms with van der Waals surface area (Å²) < 4.78 is 16.3. The summed E-state index contributed by atoms with van der Waals surface area (Å²) in [6.07, 6.45) is 2.20. The van der Waals surface area contributed by atoms with E-state index in [0.717, 1.165) is 12.8 Å². The average Bonchev–Trinajstić information content (AvgIpc) is 3.24. The highest BCUT2D eigenvalue weighted by molar-refractivity contribution is 5.46. The van der Waals surface area contributed by atoms with Gasteiger partial charge in [0.15, 0.2) is 6.61 Å². The second-order valence-electron chi connectivity index (χ2n) is 4.78. The van der Waals surface area contributed by atoms with E-state index in [-0.39, 0.29) is 12.3 Å². The Labute approximate surface area is 122 Å². The van der Waals surface area contributed by atoms with E-state index in [1.807, 2.05) is 24.3 Å². The van der Waals surface area contributed by atoms with Gasteiger partial charge >= 0.3 is 0 Å². The van der Waals surface area contributed by atoms with Gasteiger partial charge in [-0.3, -0.25) is 0 Å². The van der Waals surface area contributed by atoms with Gasteiger partial charge < -0.3 is 19.2 Å². The van der Waals surface area contributed by atoms with Crippen molar-refractivity contribution in [2.75, 3.05) is 12.4 Å². The van der Waals surface area contributed by atoms with Crippen LogP contribution in [0.25, 0.3) is 0 Å². The standard InChI is InChI=1S/C15H15N3O3/c1-19-11-3-2-4-12(7-11)20-9-14-18-13(8-16)15(21-14)17-10-5-6-10/h2-4,7,10,17H,5-6,9H2,1H3. The highest BCUT2D eigenvalue weighted by Gasteiger charge is 2.25. The number of aromatic nitrogens is 1. The SMILES string of the molecule is COc1cccc(OCc2nc(C#N)c(NC3CC3)o2)c1. The van der Waals surface area contributed by atoms with Crippen LogP contribution in [0.15, 0.2) is 28.7 Å². The lowest BCUT2D eigenvalue weighted by Gasteiger charge is -2.05. The second kappa shape index (κ2) is 5.75. The van der Waals surface area contributed by atoms with Crippen molar-refractivity contribution in [1.29, 1.82) is 5.26 Å². The molecule has 1 aromatic carbocycles. The molecule has 6 heteroatoms. The summed E-state index contributed by atoms with van der Waals surface area (Å²) in [7, 11) is 1.60. The van der Waals surface area contributed by atoms with Crippen molar-refractivity contribution in [2.45, 2.75) is 25.5 Å². The van der Waals surface area contributed by atoms with E-state index in [1.165, 1.54) is 0 Å². The van der Waals surface area contributed by atoms with E-state index in [1.54, 1.807) is 13.2 Å². The fourth-order valence-corrected chi connectivity index (χ4v) is 1.85. The van der Waals surface area contributed by atoms with Crippen LogP contribution in [0, 0.1) is 11.3 Å². The molecule has 2 aromatic rings. The maximum absolute atomic E-state index is 9.05. The summed E-state index contributed by atoms with van der Waals surface area (Å²) >= 11 is 0. The van der Waals surface area contributed by atoms with Crippen LogP contribution in [0.2, 0.25) is 0 Å². The number of nitrogens with zero attached hydrogens (tertiary/aromatic N) is 2. The highest BCUT2D eigenvalue weighted by atomic mass is 16.5. The van der Waals surface area contributed by atoms with Crippen molar-refractivity contribution in [3.8, 4) is 17.6 Å². The smallest absolute Gasteiger partial charge is 0.236 e. The predicted molar refractivity (Wildman–Crippen MR) is 75.2 cm³/mol. The van der Waals surface area contributed by atoms with Crippen molar-refractivity contribution < 1.29 is 13.9 Å². The Morgan fingerprint density at radius 2 is 2.24 bits per heavy atom. The molecule has 0 aliphatic heterocycles. The topological polar surface area (TPSA) is 80.3 Å². The Morgan fingerprint density at radius 3 is 2.95 bits per heavy atom. The van der Waals surface area contributed by atoms with Crippen LogP contribution in [0.4, 0.5) is 5.88 Å². The second-order valence-corrected chi connectivity index (χ2v) is 4.78. The lowest BCUT2D eigenvalue weighted by molar-refractivity contribution is 0.263. The summed E-state index contributed by atoms with van der Waals surface area (Å²) in [4.78, 5) is 4.12. The molecule has 1 aliphatic carbocycles. The third kappa shape index (κ3) is 3.26. The Balaban J connectivity index is 1.66. The molecule has 0 spiro atoms. The van der Waals surface area contributed by atoms with Crippen molar-refractivity contribution in [1.82, 2.24) is 4.98 Å². The minimum atomic E-state index is 0.161. The van der Waals surface area contributed by atoms with Crippen LogP contribution < -0.4 is 14.8 Å². The Hall–Kier alpha value is -2.68. The molecule has 0 saturated heterocycles. The van der Waals surface area contributed by atoms with Crippen LogP contribution >= 0.6 is 0 Å². The normalized spacial score (nSPS) is 13.5. The molecule has 0 radical (unpaired) electrons. The largest absolute Gasteiger partial charge is 0.497 e. The molecule has 0 unspecified atom stereocenters. The molecule has 0 atom stereocenters. The molecule has 108 valence electrons. The maximum Gasteiger partial charge on any atom is 0.236 e. The molecule has 1 saturated carbocycles. The number of ether oxygens (including phenoxy) is 2. The van der Waals surface area contributed by atoms with Crippen molar-refractivity contribution >= 4 is 5.88 Å². The van der Waals surface area contributed by atoms with Crippen LogP contribution in [-0.4, -0.2) is 18.1 Å². The van der Waals surface area contributed by atoms with Crippen LogP contribution in [0.1, 0.15) is 24.4 Å². The summed E-state index contributed by atoms with van der Waals surface area (Å²) in [6, 6.07) is 9.69. The van der Waals surface area contributed by atoms with Crippen molar-refractivity contribution in [3.63, 3.8) is 0 Å². The number of benzene rings is 1. The number of oxazole rings is 1. The molecule has 1 N–H and O–H groups in total. The van der Waals surface area contributed by atoms with Crippen molar-refractivity contribution in [2.24, 2.45) is 0 Å². The predicted octanol–water partition coefficient (Wildman–Crippen LogP) is 2.71. The first-order valence-corrected chi connectivity index (χ1v) is 6.71. The molecular weight excluding hydrogens is 270 g/mol. The van der Waals surface area contributed by atoms with E-state index < -0.39 is 0 Å². The van der Waals surface area contributed by atoms with Crippen molar-refractivity contribution in [3.05, 3.63) is 35.9 Å². The molecule has 21 heavy (non-hydrogen) atoms. The minimum absolute atomic E-state index is 0.161. The average molecular weight is 285 g/mol. The quantitative estimate of drug-likeness (QED) is 0.879. The number of methoxy groups -OCH3 is 1. The van der Waals surface area contributed by atoms with Gasteiger partial charge in [0.05, 0.1) is 7.11 Å². The van der Waals surface area contributed by atoms with Gasteiger partial charge in [0.2, 0.25) is 17.5 Å². The number of nitriles is 1.